The monoisotopic (exact) mass is 223 g/mol. The van der Waals surface area contributed by atoms with Gasteiger partial charge in [0.25, 0.3) is 5.69 Å². The molecule has 0 aliphatic heterocycles. The van der Waals surface area contributed by atoms with Crippen LogP contribution in [0.25, 0.3) is 0 Å². The van der Waals surface area contributed by atoms with Crippen LogP contribution in [0.5, 0.6) is 0 Å². The van der Waals surface area contributed by atoms with Crippen LogP contribution in [0.1, 0.15) is 11.1 Å². The van der Waals surface area contributed by atoms with Crippen molar-refractivity contribution in [3.8, 4) is 0 Å². The molecule has 0 aromatic heterocycles. The summed E-state index contributed by atoms with van der Waals surface area (Å²) in [4.78, 5) is 9.06. The largest absolute Gasteiger partial charge is 0.425 e. The van der Waals surface area contributed by atoms with Crippen LogP contribution in [0.15, 0.2) is 12.1 Å². The van der Waals surface area contributed by atoms with E-state index in [9.17, 15) is 27.7 Å². The van der Waals surface area contributed by atoms with Crippen molar-refractivity contribution < 1.29 is 22.5 Å². The molecule has 0 aliphatic carbocycles. The lowest BCUT2D eigenvalue weighted by molar-refractivity contribution is -0.388. The van der Waals surface area contributed by atoms with Crippen molar-refractivity contribution in [3.63, 3.8) is 0 Å². The van der Waals surface area contributed by atoms with Crippen molar-refractivity contribution in [1.29, 1.82) is 0 Å². The molecule has 0 atom stereocenters. The Labute approximate surface area is 81.5 Å². The quantitative estimate of drug-likeness (QED) is 0.417. The second kappa shape index (κ2) is 3.48. The Morgan fingerprint density at radius 3 is 2.27 bits per heavy atom. The number of hydrogen-bond acceptors (Lipinski definition) is 2. The Bertz CT molecular complexity index is 414. The number of benzene rings is 1. The van der Waals surface area contributed by atoms with Crippen LogP contribution >= 0.6 is 0 Å². The standard InChI is InChI=1S/C8H5F4NO2/c1-4-2-5(9)7(8(10,11)12)6(3-4)13(14)15/h2-3H,1H3. The summed E-state index contributed by atoms with van der Waals surface area (Å²) in [5, 5.41) is 10.3. The van der Waals surface area contributed by atoms with E-state index in [-0.39, 0.29) is 5.56 Å². The van der Waals surface area contributed by atoms with Gasteiger partial charge in [-0.25, -0.2) is 4.39 Å². The smallest absolute Gasteiger partial charge is 0.258 e. The highest BCUT2D eigenvalue weighted by Gasteiger charge is 2.41. The maximum absolute atomic E-state index is 12.9. The number of nitrogens with zero attached hydrogens (tertiary/aromatic N) is 1. The molecule has 7 heteroatoms. The molecule has 15 heavy (non-hydrogen) atoms. The maximum atomic E-state index is 12.9. The van der Waals surface area contributed by atoms with Crippen molar-refractivity contribution in [1.82, 2.24) is 0 Å². The summed E-state index contributed by atoms with van der Waals surface area (Å²) in [6.45, 7) is 1.27. The van der Waals surface area contributed by atoms with Crippen molar-refractivity contribution in [2.75, 3.05) is 0 Å². The van der Waals surface area contributed by atoms with Gasteiger partial charge in [0, 0.05) is 6.07 Å². The van der Waals surface area contributed by atoms with Gasteiger partial charge in [0.15, 0.2) is 5.56 Å². The van der Waals surface area contributed by atoms with Gasteiger partial charge in [-0.3, -0.25) is 10.1 Å². The summed E-state index contributed by atoms with van der Waals surface area (Å²) in [7, 11) is 0. The number of nitro groups is 1. The molecule has 82 valence electrons. The summed E-state index contributed by atoms with van der Waals surface area (Å²) in [6.07, 6.45) is -5.07. The SMILES string of the molecule is Cc1cc(F)c(C(F)(F)F)c([N+](=O)[O-])c1. The molecule has 0 heterocycles. The van der Waals surface area contributed by atoms with E-state index < -0.39 is 28.2 Å². The number of aryl methyl sites for hydroxylation is 1. The number of hydrogen-bond donors (Lipinski definition) is 0. The summed E-state index contributed by atoms with van der Waals surface area (Å²) in [6, 6.07) is 1.29. The van der Waals surface area contributed by atoms with Crippen molar-refractivity contribution in [2.45, 2.75) is 13.1 Å². The lowest BCUT2D eigenvalue weighted by Gasteiger charge is -2.08. The Hall–Kier alpha value is -1.66. The van der Waals surface area contributed by atoms with Crippen LogP contribution < -0.4 is 0 Å². The van der Waals surface area contributed by atoms with Crippen LogP contribution in [-0.2, 0) is 6.18 Å². The number of halogens is 4. The first kappa shape index (κ1) is 11.4. The average molecular weight is 223 g/mol. The van der Waals surface area contributed by atoms with Gasteiger partial charge in [-0.1, -0.05) is 0 Å². The number of rotatable bonds is 1. The summed E-state index contributed by atoms with van der Waals surface area (Å²) in [5.41, 5.74) is -3.04. The second-order valence-electron chi connectivity index (χ2n) is 2.90. The van der Waals surface area contributed by atoms with Gasteiger partial charge < -0.3 is 0 Å². The Morgan fingerprint density at radius 1 is 1.33 bits per heavy atom. The van der Waals surface area contributed by atoms with Gasteiger partial charge in [-0.05, 0) is 18.6 Å². The normalized spacial score (nSPS) is 11.5. The molecule has 1 aromatic rings. The van der Waals surface area contributed by atoms with Gasteiger partial charge in [-0.15, -0.1) is 0 Å². The van der Waals surface area contributed by atoms with Gasteiger partial charge in [-0.2, -0.15) is 13.2 Å². The highest BCUT2D eigenvalue weighted by molar-refractivity contribution is 5.45. The van der Waals surface area contributed by atoms with Crippen LogP contribution in [0.4, 0.5) is 23.2 Å². The Kier molecular flexibility index (Phi) is 2.65. The Morgan fingerprint density at radius 2 is 1.87 bits per heavy atom. The molecule has 0 unspecified atom stereocenters. The fraction of sp³-hybridized carbons (Fsp3) is 0.250. The molecule has 0 aliphatic rings. The third-order valence-electron chi connectivity index (χ3n) is 1.69. The first-order valence-electron chi connectivity index (χ1n) is 3.75. The maximum Gasteiger partial charge on any atom is 0.425 e. The van der Waals surface area contributed by atoms with Gasteiger partial charge in [0.1, 0.15) is 5.82 Å². The molecule has 1 rings (SSSR count). The third-order valence-corrected chi connectivity index (χ3v) is 1.69. The zero-order valence-corrected chi connectivity index (χ0v) is 7.43. The fourth-order valence-electron chi connectivity index (χ4n) is 1.15. The zero-order valence-electron chi connectivity index (χ0n) is 7.43. The van der Waals surface area contributed by atoms with Crippen molar-refractivity contribution >= 4 is 5.69 Å². The lowest BCUT2D eigenvalue weighted by atomic mass is 10.1. The highest BCUT2D eigenvalue weighted by atomic mass is 19.4. The van der Waals surface area contributed by atoms with Crippen molar-refractivity contribution in [3.05, 3.63) is 39.2 Å². The molecule has 0 N–H and O–H groups in total. The van der Waals surface area contributed by atoms with E-state index in [2.05, 4.69) is 0 Å². The number of nitro benzene ring substituents is 1. The topological polar surface area (TPSA) is 43.1 Å². The van der Waals surface area contributed by atoms with E-state index in [1.165, 1.54) is 6.92 Å². The van der Waals surface area contributed by atoms with Crippen LogP contribution in [0, 0.1) is 22.9 Å². The summed E-state index contributed by atoms with van der Waals surface area (Å²) in [5.74, 6) is -1.63. The molecular formula is C8H5F4NO2. The van der Waals surface area contributed by atoms with Gasteiger partial charge >= 0.3 is 6.18 Å². The molecule has 0 saturated carbocycles. The minimum absolute atomic E-state index is 0.0622. The molecule has 0 radical (unpaired) electrons. The predicted molar refractivity (Wildman–Crippen MR) is 42.8 cm³/mol. The first-order chi connectivity index (χ1) is 6.73. The van der Waals surface area contributed by atoms with Crippen LogP contribution in [0.2, 0.25) is 0 Å². The van der Waals surface area contributed by atoms with Gasteiger partial charge in [0.2, 0.25) is 0 Å². The minimum Gasteiger partial charge on any atom is -0.258 e. The molecule has 1 aromatic carbocycles. The molecule has 0 bridgehead atoms. The number of alkyl halides is 3. The molecule has 3 nitrogen and oxygen atoms in total. The molecule has 0 saturated heterocycles. The Balaban J connectivity index is 3.55. The first-order valence-corrected chi connectivity index (χ1v) is 3.75. The van der Waals surface area contributed by atoms with Crippen LogP contribution in [-0.4, -0.2) is 4.92 Å². The zero-order chi connectivity index (χ0) is 11.8. The van der Waals surface area contributed by atoms with E-state index in [1.807, 2.05) is 0 Å². The summed E-state index contributed by atoms with van der Waals surface area (Å²) < 4.78 is 49.7. The van der Waals surface area contributed by atoms with Crippen molar-refractivity contribution in [2.24, 2.45) is 0 Å². The van der Waals surface area contributed by atoms with E-state index >= 15 is 0 Å². The predicted octanol–water partition coefficient (Wildman–Crippen LogP) is 3.06. The van der Waals surface area contributed by atoms with E-state index in [0.29, 0.717) is 12.1 Å². The summed E-state index contributed by atoms with van der Waals surface area (Å²) >= 11 is 0. The van der Waals surface area contributed by atoms with Gasteiger partial charge in [0.05, 0.1) is 4.92 Å². The molecule has 0 fully saturated rings. The van der Waals surface area contributed by atoms with Crippen LogP contribution in [0.3, 0.4) is 0 Å². The molecular weight excluding hydrogens is 218 g/mol. The second-order valence-corrected chi connectivity index (χ2v) is 2.90. The lowest BCUT2D eigenvalue weighted by Crippen LogP contribution is -2.12. The molecule has 0 spiro atoms. The minimum atomic E-state index is -5.07. The highest BCUT2D eigenvalue weighted by Crippen LogP contribution is 2.38. The van der Waals surface area contributed by atoms with E-state index in [0.717, 1.165) is 0 Å². The molecule has 0 amide bonds. The average Bonchev–Trinajstić information content (AvgIpc) is 1.99. The van der Waals surface area contributed by atoms with E-state index in [4.69, 9.17) is 0 Å². The fourth-order valence-corrected chi connectivity index (χ4v) is 1.15. The van der Waals surface area contributed by atoms with E-state index in [1.54, 1.807) is 0 Å². The third kappa shape index (κ3) is 2.23.